The lowest BCUT2D eigenvalue weighted by Crippen LogP contribution is -2.60. The molecule has 5 aliphatic rings. The summed E-state index contributed by atoms with van der Waals surface area (Å²) in [6.07, 6.45) is 3.84. The molecule has 2 aliphatic heterocycles. The van der Waals surface area contributed by atoms with Crippen molar-refractivity contribution in [3.63, 3.8) is 0 Å². The van der Waals surface area contributed by atoms with Crippen LogP contribution in [-0.4, -0.2) is 23.6 Å². The second-order valence-corrected chi connectivity index (χ2v) is 12.1. The van der Waals surface area contributed by atoms with Gasteiger partial charge in [-0.15, -0.1) is 0 Å². The molecule has 3 aromatic rings. The Morgan fingerprint density at radius 3 is 1.47 bits per heavy atom. The number of halogens is 2. The van der Waals surface area contributed by atoms with Crippen molar-refractivity contribution in [2.75, 3.05) is 9.80 Å². The molecule has 2 bridgehead atoms. The predicted octanol–water partition coefficient (Wildman–Crippen LogP) is 5.26. The number of amides is 4. The molecule has 188 valence electrons. The molecule has 0 N–H and O–H groups in total. The van der Waals surface area contributed by atoms with E-state index in [-0.39, 0.29) is 23.6 Å². The lowest BCUT2D eigenvalue weighted by Gasteiger charge is -2.53. The van der Waals surface area contributed by atoms with Gasteiger partial charge in [0.15, 0.2) is 0 Å². The summed E-state index contributed by atoms with van der Waals surface area (Å²) in [4.78, 5) is 59.0. The summed E-state index contributed by atoms with van der Waals surface area (Å²) in [6.45, 7) is 0. The van der Waals surface area contributed by atoms with E-state index in [9.17, 15) is 19.2 Å². The Balaban J connectivity index is 1.42. The standard InChI is InChI=1S/C30H20Br2N2O4/c31-17-6-10-19(11-7-17)33-26(35)22-21-14-15-30(24(22)28(33)37,16-4-2-1-3-5-16)25-23(21)27(36)34(29(25)38)20-12-8-18(32)9-13-20/h1-15,21-25H. The minimum Gasteiger partial charge on any atom is -0.274 e. The van der Waals surface area contributed by atoms with Crippen LogP contribution in [0, 0.1) is 29.6 Å². The number of carbonyl (C=O) groups excluding carboxylic acids is 4. The molecular formula is C30H20Br2N2O4. The van der Waals surface area contributed by atoms with Crippen LogP contribution in [0.3, 0.4) is 0 Å². The molecule has 6 nitrogen and oxygen atoms in total. The number of allylic oxidation sites excluding steroid dienone is 2. The van der Waals surface area contributed by atoms with E-state index in [0.29, 0.717) is 11.4 Å². The van der Waals surface area contributed by atoms with E-state index in [1.54, 1.807) is 48.5 Å². The van der Waals surface area contributed by atoms with Crippen LogP contribution < -0.4 is 9.80 Å². The summed E-state index contributed by atoms with van der Waals surface area (Å²) < 4.78 is 1.66. The van der Waals surface area contributed by atoms with Crippen molar-refractivity contribution in [1.29, 1.82) is 0 Å². The van der Waals surface area contributed by atoms with Crippen LogP contribution >= 0.6 is 31.9 Å². The number of anilines is 2. The van der Waals surface area contributed by atoms with Gasteiger partial charge in [0.25, 0.3) is 0 Å². The summed E-state index contributed by atoms with van der Waals surface area (Å²) in [5.41, 5.74) is 0.607. The smallest absolute Gasteiger partial charge is 0.238 e. The number of benzene rings is 3. The van der Waals surface area contributed by atoms with Crippen molar-refractivity contribution in [3.05, 3.63) is 106 Å². The van der Waals surface area contributed by atoms with Gasteiger partial charge in [-0.1, -0.05) is 74.3 Å². The zero-order valence-electron chi connectivity index (χ0n) is 19.8. The van der Waals surface area contributed by atoms with Gasteiger partial charge in [-0.2, -0.15) is 0 Å². The third-order valence-electron chi connectivity index (χ3n) is 8.60. The molecule has 2 saturated heterocycles. The molecule has 4 unspecified atom stereocenters. The second kappa shape index (κ2) is 8.32. The zero-order chi connectivity index (χ0) is 26.3. The molecule has 1 saturated carbocycles. The Bertz CT molecular complexity index is 1460. The molecule has 0 aromatic heterocycles. The first-order chi connectivity index (χ1) is 18.3. The van der Waals surface area contributed by atoms with Crippen LogP contribution in [-0.2, 0) is 24.6 Å². The highest BCUT2D eigenvalue weighted by Crippen LogP contribution is 2.65. The number of imide groups is 2. The molecule has 4 amide bonds. The first-order valence-electron chi connectivity index (χ1n) is 12.4. The van der Waals surface area contributed by atoms with E-state index < -0.39 is 35.0 Å². The fourth-order valence-corrected chi connectivity index (χ4v) is 7.70. The Labute approximate surface area is 235 Å². The molecule has 3 aliphatic carbocycles. The Hall–Kier alpha value is -3.36. The van der Waals surface area contributed by atoms with E-state index in [4.69, 9.17) is 0 Å². The van der Waals surface area contributed by atoms with Gasteiger partial charge in [0.2, 0.25) is 23.6 Å². The molecule has 4 atom stereocenters. The molecule has 2 heterocycles. The summed E-state index contributed by atoms with van der Waals surface area (Å²) in [5.74, 6) is -4.92. The second-order valence-electron chi connectivity index (χ2n) is 10.2. The van der Waals surface area contributed by atoms with Gasteiger partial charge >= 0.3 is 0 Å². The number of rotatable bonds is 3. The highest BCUT2D eigenvalue weighted by molar-refractivity contribution is 9.10. The fourth-order valence-electron chi connectivity index (χ4n) is 7.17. The lowest BCUT2D eigenvalue weighted by molar-refractivity contribution is -0.140. The first-order valence-corrected chi connectivity index (χ1v) is 13.9. The van der Waals surface area contributed by atoms with Crippen molar-refractivity contribution < 1.29 is 19.2 Å². The summed E-state index contributed by atoms with van der Waals surface area (Å²) >= 11 is 6.82. The Kier molecular flexibility index (Phi) is 5.20. The average molecular weight is 632 g/mol. The zero-order valence-corrected chi connectivity index (χ0v) is 23.0. The van der Waals surface area contributed by atoms with Crippen molar-refractivity contribution >= 4 is 66.9 Å². The third kappa shape index (κ3) is 2.98. The van der Waals surface area contributed by atoms with Gasteiger partial charge in [0.05, 0.1) is 35.0 Å². The highest BCUT2D eigenvalue weighted by atomic mass is 79.9. The highest BCUT2D eigenvalue weighted by Gasteiger charge is 2.75. The molecular weight excluding hydrogens is 612 g/mol. The lowest BCUT2D eigenvalue weighted by atomic mass is 9.45. The van der Waals surface area contributed by atoms with Crippen LogP contribution in [0.25, 0.3) is 0 Å². The molecule has 0 spiro atoms. The quantitative estimate of drug-likeness (QED) is 0.292. The van der Waals surface area contributed by atoms with Gasteiger partial charge in [0, 0.05) is 20.3 Å². The first kappa shape index (κ1) is 23.7. The molecule has 38 heavy (non-hydrogen) atoms. The van der Waals surface area contributed by atoms with Crippen molar-refractivity contribution in [3.8, 4) is 0 Å². The molecule has 8 heteroatoms. The molecule has 0 radical (unpaired) electrons. The van der Waals surface area contributed by atoms with Crippen LogP contribution in [0.5, 0.6) is 0 Å². The predicted molar refractivity (Wildman–Crippen MR) is 148 cm³/mol. The van der Waals surface area contributed by atoms with Gasteiger partial charge in [0.1, 0.15) is 0 Å². The Morgan fingerprint density at radius 1 is 0.579 bits per heavy atom. The number of hydrogen-bond donors (Lipinski definition) is 0. The summed E-state index contributed by atoms with van der Waals surface area (Å²) in [5, 5.41) is 0. The average Bonchev–Trinajstić information content (AvgIpc) is 3.37. The van der Waals surface area contributed by atoms with Crippen molar-refractivity contribution in [2.24, 2.45) is 29.6 Å². The minimum absolute atomic E-state index is 0.322. The molecule has 3 aromatic carbocycles. The molecule has 3 fully saturated rings. The van der Waals surface area contributed by atoms with E-state index in [1.807, 2.05) is 42.5 Å². The van der Waals surface area contributed by atoms with Crippen LogP contribution in [0.15, 0.2) is 100.0 Å². The van der Waals surface area contributed by atoms with E-state index in [1.165, 1.54) is 9.80 Å². The van der Waals surface area contributed by atoms with Gasteiger partial charge < -0.3 is 0 Å². The third-order valence-corrected chi connectivity index (χ3v) is 9.66. The van der Waals surface area contributed by atoms with Crippen molar-refractivity contribution in [1.82, 2.24) is 0 Å². The number of nitrogens with zero attached hydrogens (tertiary/aromatic N) is 2. The topological polar surface area (TPSA) is 74.8 Å². The van der Waals surface area contributed by atoms with E-state index in [2.05, 4.69) is 31.9 Å². The van der Waals surface area contributed by atoms with E-state index in [0.717, 1.165) is 14.5 Å². The van der Waals surface area contributed by atoms with Crippen LogP contribution in [0.1, 0.15) is 5.56 Å². The van der Waals surface area contributed by atoms with Gasteiger partial charge in [-0.05, 0) is 54.1 Å². The normalized spacial score (nSPS) is 31.3. The maximum atomic E-state index is 14.2. The van der Waals surface area contributed by atoms with Crippen molar-refractivity contribution in [2.45, 2.75) is 5.41 Å². The Morgan fingerprint density at radius 2 is 1.03 bits per heavy atom. The van der Waals surface area contributed by atoms with Gasteiger partial charge in [-0.25, -0.2) is 9.80 Å². The minimum atomic E-state index is -1.13. The monoisotopic (exact) mass is 630 g/mol. The van der Waals surface area contributed by atoms with E-state index >= 15 is 0 Å². The largest absolute Gasteiger partial charge is 0.274 e. The SMILES string of the molecule is O=C1C2C3C=CC(c4ccccc4)(C2C(=O)N1c1ccc(Br)cc1)C1C(=O)N(c2ccc(Br)cc2)C(=O)C31. The number of carbonyl (C=O) groups is 4. The van der Waals surface area contributed by atoms with Crippen LogP contribution in [0.2, 0.25) is 0 Å². The maximum Gasteiger partial charge on any atom is 0.238 e. The van der Waals surface area contributed by atoms with Gasteiger partial charge in [-0.3, -0.25) is 19.2 Å². The summed E-state index contributed by atoms with van der Waals surface area (Å²) in [6, 6.07) is 23.5. The fraction of sp³-hybridized carbons (Fsp3) is 0.200. The summed E-state index contributed by atoms with van der Waals surface area (Å²) in [7, 11) is 0. The maximum absolute atomic E-state index is 14.2. The number of hydrogen-bond acceptors (Lipinski definition) is 4. The molecule has 8 rings (SSSR count). The van der Waals surface area contributed by atoms with Crippen LogP contribution in [0.4, 0.5) is 11.4 Å².